The maximum atomic E-state index is 12.4. The van der Waals surface area contributed by atoms with E-state index in [1.165, 1.54) is 33.3 Å². The van der Waals surface area contributed by atoms with Crippen LogP contribution in [0.3, 0.4) is 0 Å². The highest BCUT2D eigenvalue weighted by molar-refractivity contribution is 8.00. The van der Waals surface area contributed by atoms with Crippen molar-refractivity contribution in [1.82, 2.24) is 15.3 Å². The van der Waals surface area contributed by atoms with E-state index in [9.17, 15) is 4.79 Å². The van der Waals surface area contributed by atoms with Crippen molar-refractivity contribution in [3.63, 3.8) is 0 Å². The van der Waals surface area contributed by atoms with E-state index in [1.54, 1.807) is 11.3 Å². The molecule has 0 radical (unpaired) electrons. The van der Waals surface area contributed by atoms with Crippen LogP contribution in [-0.2, 0) is 17.8 Å². The summed E-state index contributed by atoms with van der Waals surface area (Å²) in [6.45, 7) is 0.501. The highest BCUT2D eigenvalue weighted by atomic mass is 32.2. The van der Waals surface area contributed by atoms with E-state index in [2.05, 4.69) is 71.0 Å². The van der Waals surface area contributed by atoms with Gasteiger partial charge in [0, 0.05) is 16.7 Å². The Balaban J connectivity index is 1.27. The molecule has 3 N–H and O–H groups in total. The number of aromatic nitrogens is 2. The molecule has 0 bridgehead atoms. The Hall–Kier alpha value is -3.33. The second kappa shape index (κ2) is 11.2. The largest absolute Gasteiger partial charge is 0.383 e. The zero-order valence-electron chi connectivity index (χ0n) is 20.5. The lowest BCUT2D eigenvalue weighted by atomic mass is 9.98. The minimum absolute atomic E-state index is 0.0576. The van der Waals surface area contributed by atoms with E-state index in [1.807, 2.05) is 42.1 Å². The van der Waals surface area contributed by atoms with Gasteiger partial charge in [0.1, 0.15) is 10.6 Å². The minimum Gasteiger partial charge on any atom is -0.383 e. The molecule has 2 unspecified atom stereocenters. The van der Waals surface area contributed by atoms with Crippen LogP contribution >= 0.6 is 34.9 Å². The van der Waals surface area contributed by atoms with E-state index < -0.39 is 0 Å². The van der Waals surface area contributed by atoms with Crippen molar-refractivity contribution < 1.29 is 4.79 Å². The number of thiophene rings is 1. The summed E-state index contributed by atoms with van der Waals surface area (Å²) in [6.07, 6.45) is 0.884. The molecule has 190 valence electrons. The van der Waals surface area contributed by atoms with Gasteiger partial charge in [-0.25, -0.2) is 9.97 Å². The summed E-state index contributed by atoms with van der Waals surface area (Å²) < 4.78 is 0. The number of thioether (sulfide) groups is 2. The van der Waals surface area contributed by atoms with Gasteiger partial charge < -0.3 is 11.1 Å². The van der Waals surface area contributed by atoms with Gasteiger partial charge in [0.05, 0.1) is 16.4 Å². The van der Waals surface area contributed by atoms with Crippen LogP contribution in [-0.4, -0.2) is 21.6 Å². The number of nitrogens with one attached hydrogen (secondary N) is 1. The molecule has 0 saturated heterocycles. The van der Waals surface area contributed by atoms with Crippen molar-refractivity contribution >= 4 is 56.8 Å². The average Bonchev–Trinajstić information content (AvgIpc) is 3.35. The van der Waals surface area contributed by atoms with Crippen LogP contribution < -0.4 is 11.1 Å². The van der Waals surface area contributed by atoms with E-state index >= 15 is 0 Å². The molecule has 1 aliphatic heterocycles. The number of nitrogens with zero attached hydrogens (tertiary/aromatic N) is 2. The first-order chi connectivity index (χ1) is 18.7. The van der Waals surface area contributed by atoms with Gasteiger partial charge in [0.25, 0.3) is 0 Å². The Bertz CT molecular complexity index is 1560. The van der Waals surface area contributed by atoms with Gasteiger partial charge in [-0.2, -0.15) is 0 Å². The van der Waals surface area contributed by atoms with Crippen molar-refractivity contribution in [2.24, 2.45) is 0 Å². The van der Waals surface area contributed by atoms with Crippen LogP contribution in [0.15, 0.2) is 96.2 Å². The fourth-order valence-electron chi connectivity index (χ4n) is 4.72. The summed E-state index contributed by atoms with van der Waals surface area (Å²) in [5.41, 5.74) is 11.5. The number of carbonyl (C=O) groups excluding carboxylic acids is 1. The maximum absolute atomic E-state index is 12.4. The summed E-state index contributed by atoms with van der Waals surface area (Å²) >= 11 is 5.01. The Morgan fingerprint density at radius 2 is 1.58 bits per heavy atom. The van der Waals surface area contributed by atoms with E-state index in [-0.39, 0.29) is 16.9 Å². The molecular formula is C30H26N4OS3. The van der Waals surface area contributed by atoms with Crippen LogP contribution in [0, 0.1) is 0 Å². The molecule has 3 aromatic carbocycles. The third kappa shape index (κ3) is 5.29. The zero-order chi connectivity index (χ0) is 25.9. The highest BCUT2D eigenvalue weighted by Gasteiger charge is 2.34. The molecule has 0 fully saturated rings. The predicted octanol–water partition coefficient (Wildman–Crippen LogP) is 6.80. The highest BCUT2D eigenvalue weighted by Crippen LogP contribution is 2.55. The summed E-state index contributed by atoms with van der Waals surface area (Å²) in [7, 11) is 0. The molecule has 6 rings (SSSR count). The second-order valence-electron chi connectivity index (χ2n) is 9.10. The Morgan fingerprint density at radius 3 is 2.29 bits per heavy atom. The molecule has 0 spiro atoms. The topological polar surface area (TPSA) is 80.9 Å². The zero-order valence-corrected chi connectivity index (χ0v) is 23.0. The SMILES string of the molecule is Nc1nc(SCC(=O)NCc2ccccc2)nc2sc3c(c12)CC(c1ccccc1)SC3c1ccccc1. The molecule has 5 aromatic rings. The van der Waals surface area contributed by atoms with E-state index in [0.29, 0.717) is 22.8 Å². The second-order valence-corrected chi connectivity index (χ2v) is 12.4. The van der Waals surface area contributed by atoms with Gasteiger partial charge in [-0.3, -0.25) is 4.79 Å². The number of rotatable bonds is 7. The molecule has 2 aromatic heterocycles. The first kappa shape index (κ1) is 25.0. The maximum Gasteiger partial charge on any atom is 0.230 e. The van der Waals surface area contributed by atoms with Gasteiger partial charge in [-0.1, -0.05) is 103 Å². The molecule has 2 atom stereocenters. The number of nitrogen functional groups attached to an aromatic ring is 1. The fraction of sp³-hybridized carbons (Fsp3) is 0.167. The van der Waals surface area contributed by atoms with Gasteiger partial charge in [-0.05, 0) is 28.7 Å². The molecule has 3 heterocycles. The van der Waals surface area contributed by atoms with E-state index in [0.717, 1.165) is 22.2 Å². The molecule has 0 aliphatic carbocycles. The third-order valence-electron chi connectivity index (χ3n) is 6.56. The number of carbonyl (C=O) groups is 1. The lowest BCUT2D eigenvalue weighted by Crippen LogP contribution is -2.24. The summed E-state index contributed by atoms with van der Waals surface area (Å²) in [4.78, 5) is 24.1. The van der Waals surface area contributed by atoms with Crippen molar-refractivity contribution in [2.75, 3.05) is 11.5 Å². The number of amides is 1. The van der Waals surface area contributed by atoms with Crippen LogP contribution in [0.2, 0.25) is 0 Å². The first-order valence-corrected chi connectivity index (χ1v) is 15.2. The number of nitrogens with two attached hydrogens (primary N) is 1. The normalized spacial score (nSPS) is 16.7. The lowest BCUT2D eigenvalue weighted by Gasteiger charge is -2.30. The van der Waals surface area contributed by atoms with Crippen molar-refractivity contribution in [3.05, 3.63) is 118 Å². The number of hydrogen-bond acceptors (Lipinski definition) is 7. The molecule has 38 heavy (non-hydrogen) atoms. The van der Waals surface area contributed by atoms with E-state index in [4.69, 9.17) is 10.7 Å². The van der Waals surface area contributed by atoms with Crippen molar-refractivity contribution in [3.8, 4) is 0 Å². The monoisotopic (exact) mass is 554 g/mol. The van der Waals surface area contributed by atoms with Gasteiger partial charge >= 0.3 is 0 Å². The van der Waals surface area contributed by atoms with Crippen LogP contribution in [0.25, 0.3) is 10.2 Å². The van der Waals surface area contributed by atoms with Crippen LogP contribution in [0.4, 0.5) is 5.82 Å². The summed E-state index contributed by atoms with van der Waals surface area (Å²) in [5.74, 6) is 0.671. The third-order valence-corrected chi connectivity index (χ3v) is 10.3. The number of fused-ring (bicyclic) bond motifs is 3. The quantitative estimate of drug-likeness (QED) is 0.170. The average molecular weight is 555 g/mol. The smallest absolute Gasteiger partial charge is 0.230 e. The number of benzene rings is 3. The summed E-state index contributed by atoms with van der Waals surface area (Å²) in [6, 6.07) is 31.2. The Morgan fingerprint density at radius 1 is 0.921 bits per heavy atom. The molecule has 5 nitrogen and oxygen atoms in total. The first-order valence-electron chi connectivity index (χ1n) is 12.4. The van der Waals surface area contributed by atoms with Gasteiger partial charge in [0.15, 0.2) is 5.16 Å². The van der Waals surface area contributed by atoms with Crippen LogP contribution in [0.5, 0.6) is 0 Å². The molecule has 0 saturated carbocycles. The molecular weight excluding hydrogens is 529 g/mol. The van der Waals surface area contributed by atoms with Gasteiger partial charge in [-0.15, -0.1) is 23.1 Å². The lowest BCUT2D eigenvalue weighted by molar-refractivity contribution is -0.118. The van der Waals surface area contributed by atoms with Crippen molar-refractivity contribution in [2.45, 2.75) is 28.6 Å². The molecule has 1 amide bonds. The molecule has 8 heteroatoms. The summed E-state index contributed by atoms with van der Waals surface area (Å²) in [5, 5.41) is 4.97. The molecule has 1 aliphatic rings. The van der Waals surface area contributed by atoms with Crippen molar-refractivity contribution in [1.29, 1.82) is 0 Å². The predicted molar refractivity (Wildman–Crippen MR) is 160 cm³/mol. The Kier molecular flexibility index (Phi) is 7.35. The van der Waals surface area contributed by atoms with Crippen LogP contribution in [0.1, 0.15) is 37.6 Å². The number of anilines is 1. The van der Waals surface area contributed by atoms with Gasteiger partial charge in [0.2, 0.25) is 5.91 Å². The standard InChI is InChI=1S/C30H26N4OS3/c31-28-25-22-16-23(20-12-6-2-7-13-20)37-26(21-14-8-3-9-15-21)27(22)38-29(25)34-30(33-28)36-18-24(35)32-17-19-10-4-1-5-11-19/h1-15,23,26H,16-18H2,(H,32,35)(H2,31,33,34). The number of hydrogen-bond donors (Lipinski definition) is 2. The minimum atomic E-state index is -0.0576. The Labute approximate surface area is 234 Å². The fourth-order valence-corrected chi connectivity index (χ4v) is 8.48.